The molecule has 0 saturated carbocycles. The lowest BCUT2D eigenvalue weighted by molar-refractivity contribution is -0.759. The van der Waals surface area contributed by atoms with Gasteiger partial charge in [0.25, 0.3) is 0 Å². The normalized spacial score (nSPS) is 10.7. The predicted octanol–water partition coefficient (Wildman–Crippen LogP) is 3.88. The average Bonchev–Trinajstić information content (AvgIpc) is 2.82. The van der Waals surface area contributed by atoms with Crippen LogP contribution in [0.25, 0.3) is 5.69 Å². The molecule has 1 heterocycles. The van der Waals surface area contributed by atoms with Gasteiger partial charge in [-0.1, -0.05) is 46.3 Å². The molecular formula is C17H16BrN2+. The van der Waals surface area contributed by atoms with Crippen LogP contribution in [-0.2, 0) is 6.54 Å². The highest BCUT2D eigenvalue weighted by atomic mass is 79.9. The highest BCUT2D eigenvalue weighted by Gasteiger charge is 2.14. The summed E-state index contributed by atoms with van der Waals surface area (Å²) in [6, 6.07) is 21.0. The van der Waals surface area contributed by atoms with Gasteiger partial charge in [-0.3, -0.25) is 0 Å². The van der Waals surface area contributed by atoms with E-state index in [4.69, 9.17) is 0 Å². The minimum atomic E-state index is 0.866. The lowest BCUT2D eigenvalue weighted by Crippen LogP contribution is -2.42. The number of rotatable bonds is 3. The molecule has 0 saturated heterocycles. The second-order valence-corrected chi connectivity index (χ2v) is 5.74. The summed E-state index contributed by atoms with van der Waals surface area (Å²) in [6.07, 6.45) is 2.13. The molecule has 0 aliphatic rings. The third-order valence-corrected chi connectivity index (χ3v) is 3.87. The van der Waals surface area contributed by atoms with Crippen molar-refractivity contribution in [1.82, 2.24) is 4.68 Å². The molecule has 20 heavy (non-hydrogen) atoms. The number of aromatic nitrogens is 2. The van der Waals surface area contributed by atoms with Gasteiger partial charge in [0.15, 0.2) is 12.7 Å². The highest BCUT2D eigenvalue weighted by Crippen LogP contribution is 2.14. The Morgan fingerprint density at radius 3 is 2.35 bits per heavy atom. The van der Waals surface area contributed by atoms with Crippen LogP contribution in [0.15, 0.2) is 71.3 Å². The van der Waals surface area contributed by atoms with Crippen LogP contribution in [0.1, 0.15) is 11.3 Å². The molecule has 2 aromatic carbocycles. The van der Waals surface area contributed by atoms with Gasteiger partial charge < -0.3 is 0 Å². The zero-order valence-electron chi connectivity index (χ0n) is 11.3. The van der Waals surface area contributed by atoms with Crippen molar-refractivity contribution in [2.75, 3.05) is 0 Å². The maximum absolute atomic E-state index is 3.48. The maximum atomic E-state index is 3.48. The van der Waals surface area contributed by atoms with E-state index in [-0.39, 0.29) is 0 Å². The summed E-state index contributed by atoms with van der Waals surface area (Å²) in [5, 5.41) is 0. The Bertz CT molecular complexity index is 700. The van der Waals surface area contributed by atoms with Crippen LogP contribution in [0.4, 0.5) is 0 Å². The molecule has 1 aromatic heterocycles. The first-order chi connectivity index (χ1) is 9.74. The largest absolute Gasteiger partial charge is 0.197 e. The smallest absolute Gasteiger partial charge is 0.125 e. The van der Waals surface area contributed by atoms with Crippen molar-refractivity contribution < 1.29 is 4.68 Å². The summed E-state index contributed by atoms with van der Waals surface area (Å²) in [5.41, 5.74) is 3.70. The standard InChI is InChI=1S/C17H16BrN2/c1-14-11-12-19(13-15-5-3-2-4-6-15)20(14)17-9-7-16(18)8-10-17/h2-12H,13H2,1H3/q+1. The van der Waals surface area contributed by atoms with Crippen molar-refractivity contribution in [3.05, 3.63) is 82.6 Å². The highest BCUT2D eigenvalue weighted by molar-refractivity contribution is 9.10. The molecule has 0 spiro atoms. The third kappa shape index (κ3) is 2.68. The zero-order chi connectivity index (χ0) is 13.9. The van der Waals surface area contributed by atoms with Gasteiger partial charge in [-0.05, 0) is 31.2 Å². The van der Waals surface area contributed by atoms with E-state index in [0.29, 0.717) is 0 Å². The number of nitrogens with zero attached hydrogens (tertiary/aromatic N) is 2. The molecular weight excluding hydrogens is 312 g/mol. The molecule has 0 aliphatic carbocycles. The number of aryl methyl sites for hydroxylation is 1. The topological polar surface area (TPSA) is 8.81 Å². The zero-order valence-corrected chi connectivity index (χ0v) is 12.9. The van der Waals surface area contributed by atoms with Gasteiger partial charge in [0, 0.05) is 16.1 Å². The van der Waals surface area contributed by atoms with Gasteiger partial charge >= 0.3 is 0 Å². The second kappa shape index (κ2) is 5.63. The summed E-state index contributed by atoms with van der Waals surface area (Å²) in [7, 11) is 0. The van der Waals surface area contributed by atoms with Crippen molar-refractivity contribution in [2.24, 2.45) is 0 Å². The molecule has 0 bridgehead atoms. The van der Waals surface area contributed by atoms with Crippen LogP contribution in [0.3, 0.4) is 0 Å². The molecule has 0 radical (unpaired) electrons. The van der Waals surface area contributed by atoms with Crippen molar-refractivity contribution >= 4 is 15.9 Å². The van der Waals surface area contributed by atoms with E-state index in [1.807, 2.05) is 6.07 Å². The quantitative estimate of drug-likeness (QED) is 0.645. The van der Waals surface area contributed by atoms with Gasteiger partial charge in [-0.15, -0.1) is 9.36 Å². The molecule has 0 N–H and O–H groups in total. The van der Waals surface area contributed by atoms with Crippen LogP contribution in [0, 0.1) is 6.92 Å². The fraction of sp³-hybridized carbons (Fsp3) is 0.118. The molecule has 0 fully saturated rings. The summed E-state index contributed by atoms with van der Waals surface area (Å²) >= 11 is 3.48. The van der Waals surface area contributed by atoms with Crippen LogP contribution in [0.5, 0.6) is 0 Å². The Morgan fingerprint density at radius 2 is 1.65 bits per heavy atom. The Hall–Kier alpha value is -1.87. The minimum Gasteiger partial charge on any atom is -0.125 e. The van der Waals surface area contributed by atoms with Crippen molar-refractivity contribution in [3.8, 4) is 5.69 Å². The summed E-state index contributed by atoms with van der Waals surface area (Å²) in [6.45, 7) is 2.99. The predicted molar refractivity (Wildman–Crippen MR) is 83.9 cm³/mol. The second-order valence-electron chi connectivity index (χ2n) is 4.83. The molecule has 2 nitrogen and oxygen atoms in total. The first kappa shape index (κ1) is 13.1. The lowest BCUT2D eigenvalue weighted by Gasteiger charge is -2.05. The van der Waals surface area contributed by atoms with E-state index >= 15 is 0 Å². The van der Waals surface area contributed by atoms with E-state index in [1.54, 1.807) is 0 Å². The Kier molecular flexibility index (Phi) is 3.70. The van der Waals surface area contributed by atoms with Gasteiger partial charge in [0.05, 0.1) is 5.69 Å². The first-order valence-corrected chi connectivity index (χ1v) is 7.41. The average molecular weight is 328 g/mol. The summed E-state index contributed by atoms with van der Waals surface area (Å²) in [4.78, 5) is 0. The van der Waals surface area contributed by atoms with Crippen molar-refractivity contribution in [3.63, 3.8) is 0 Å². The van der Waals surface area contributed by atoms with E-state index in [1.165, 1.54) is 16.9 Å². The molecule has 0 unspecified atom stereocenters. The molecule has 0 aliphatic heterocycles. The number of hydrogen-bond acceptors (Lipinski definition) is 0. The Morgan fingerprint density at radius 1 is 0.950 bits per heavy atom. The number of benzene rings is 2. The number of hydrogen-bond donors (Lipinski definition) is 0. The molecule has 100 valence electrons. The van der Waals surface area contributed by atoms with Gasteiger partial charge in [0.1, 0.15) is 5.69 Å². The van der Waals surface area contributed by atoms with Gasteiger partial charge in [0.2, 0.25) is 0 Å². The number of halogens is 1. The van der Waals surface area contributed by atoms with Crippen molar-refractivity contribution in [1.29, 1.82) is 0 Å². The fourth-order valence-corrected chi connectivity index (χ4v) is 2.63. The van der Waals surface area contributed by atoms with Crippen LogP contribution in [0.2, 0.25) is 0 Å². The molecule has 0 amide bonds. The van der Waals surface area contributed by atoms with E-state index in [2.05, 4.69) is 93.0 Å². The molecule has 3 rings (SSSR count). The SMILES string of the molecule is Cc1cc[n+](Cc2ccccc2)n1-c1ccc(Br)cc1. The molecule has 0 atom stereocenters. The van der Waals surface area contributed by atoms with E-state index < -0.39 is 0 Å². The third-order valence-electron chi connectivity index (χ3n) is 3.34. The maximum Gasteiger partial charge on any atom is 0.197 e. The van der Waals surface area contributed by atoms with Gasteiger partial charge in [-0.2, -0.15) is 0 Å². The lowest BCUT2D eigenvalue weighted by atomic mass is 10.2. The van der Waals surface area contributed by atoms with Crippen LogP contribution < -0.4 is 4.68 Å². The van der Waals surface area contributed by atoms with Crippen LogP contribution in [-0.4, -0.2) is 4.68 Å². The van der Waals surface area contributed by atoms with E-state index in [0.717, 1.165) is 11.0 Å². The minimum absolute atomic E-state index is 0.866. The van der Waals surface area contributed by atoms with Gasteiger partial charge in [-0.25, -0.2) is 0 Å². The Balaban J connectivity index is 1.99. The summed E-state index contributed by atoms with van der Waals surface area (Å²) in [5.74, 6) is 0. The summed E-state index contributed by atoms with van der Waals surface area (Å²) < 4.78 is 5.56. The van der Waals surface area contributed by atoms with E-state index in [9.17, 15) is 0 Å². The molecule has 3 aromatic rings. The first-order valence-electron chi connectivity index (χ1n) is 6.62. The van der Waals surface area contributed by atoms with Crippen molar-refractivity contribution in [2.45, 2.75) is 13.5 Å². The van der Waals surface area contributed by atoms with Crippen LogP contribution >= 0.6 is 15.9 Å². The fourth-order valence-electron chi connectivity index (χ4n) is 2.36. The Labute approximate surface area is 127 Å². The monoisotopic (exact) mass is 327 g/mol. The molecule has 3 heteroatoms.